The number of methoxy groups -OCH3 is 1. The van der Waals surface area contributed by atoms with Gasteiger partial charge >= 0.3 is 0 Å². The Morgan fingerprint density at radius 1 is 1.23 bits per heavy atom. The maximum Gasteiger partial charge on any atom is 0.252 e. The maximum absolute atomic E-state index is 13.3. The second-order valence-corrected chi connectivity index (χ2v) is 7.28. The van der Waals surface area contributed by atoms with Gasteiger partial charge < -0.3 is 14.8 Å². The molecule has 3 rings (SSSR count). The zero-order valence-corrected chi connectivity index (χ0v) is 16.1. The number of carbonyl (C=O) groups excluding carboxylic acids is 1. The van der Waals surface area contributed by atoms with Crippen LogP contribution in [0, 0.1) is 5.82 Å². The normalized spacial score (nSPS) is 16.1. The number of hydrogen-bond acceptors (Lipinski definition) is 3. The highest BCUT2D eigenvalue weighted by molar-refractivity contribution is 9.10. The van der Waals surface area contributed by atoms with Crippen LogP contribution in [0.4, 0.5) is 4.39 Å². The van der Waals surface area contributed by atoms with Crippen molar-refractivity contribution in [1.29, 1.82) is 0 Å². The summed E-state index contributed by atoms with van der Waals surface area (Å²) in [6.07, 6.45) is 1.55. The molecule has 4 nitrogen and oxygen atoms in total. The molecule has 0 radical (unpaired) electrons. The van der Waals surface area contributed by atoms with Crippen molar-refractivity contribution >= 4 is 21.8 Å². The quantitative estimate of drug-likeness (QED) is 0.790. The van der Waals surface area contributed by atoms with Gasteiger partial charge in [0, 0.05) is 29.6 Å². The fraction of sp³-hybridized carbons (Fsp3) is 0.350. The van der Waals surface area contributed by atoms with Gasteiger partial charge in [0.2, 0.25) is 0 Å². The van der Waals surface area contributed by atoms with Crippen molar-refractivity contribution in [3.63, 3.8) is 0 Å². The zero-order valence-electron chi connectivity index (χ0n) is 14.6. The molecule has 1 fully saturated rings. The first kappa shape index (κ1) is 18.9. The Bertz CT molecular complexity index is 773. The molecule has 0 aromatic heterocycles. The van der Waals surface area contributed by atoms with Gasteiger partial charge in [-0.2, -0.15) is 0 Å². The van der Waals surface area contributed by atoms with Crippen LogP contribution in [0.15, 0.2) is 46.9 Å². The summed E-state index contributed by atoms with van der Waals surface area (Å²) in [7, 11) is 1.57. The molecule has 0 saturated carbocycles. The van der Waals surface area contributed by atoms with Crippen LogP contribution in [-0.4, -0.2) is 32.8 Å². The van der Waals surface area contributed by atoms with Gasteiger partial charge in [-0.1, -0.05) is 12.1 Å². The monoisotopic (exact) mass is 421 g/mol. The Morgan fingerprint density at radius 3 is 2.58 bits per heavy atom. The first-order chi connectivity index (χ1) is 12.5. The van der Waals surface area contributed by atoms with Gasteiger partial charge in [0.05, 0.1) is 12.7 Å². The average Bonchev–Trinajstić information content (AvgIpc) is 2.68. The second-order valence-electron chi connectivity index (χ2n) is 6.43. The molecule has 1 amide bonds. The van der Waals surface area contributed by atoms with E-state index in [4.69, 9.17) is 9.47 Å². The molecule has 1 aliphatic heterocycles. The molecule has 0 atom stereocenters. The highest BCUT2D eigenvalue weighted by Gasteiger charge is 2.35. The maximum atomic E-state index is 13.3. The van der Waals surface area contributed by atoms with Crippen molar-refractivity contribution in [2.24, 2.45) is 0 Å². The highest BCUT2D eigenvalue weighted by Crippen LogP contribution is 2.34. The minimum absolute atomic E-state index is 0.177. The average molecular weight is 422 g/mol. The Hall–Kier alpha value is -1.92. The molecule has 2 aromatic rings. The zero-order chi connectivity index (χ0) is 18.6. The fourth-order valence-corrected chi connectivity index (χ4v) is 3.71. The number of benzene rings is 2. The largest absolute Gasteiger partial charge is 0.497 e. The van der Waals surface area contributed by atoms with Gasteiger partial charge in [0.1, 0.15) is 11.6 Å². The van der Waals surface area contributed by atoms with Gasteiger partial charge in [0.15, 0.2) is 0 Å². The minimum atomic E-state index is -0.264. The smallest absolute Gasteiger partial charge is 0.252 e. The van der Waals surface area contributed by atoms with E-state index in [1.807, 2.05) is 0 Å². The van der Waals surface area contributed by atoms with E-state index in [2.05, 4.69) is 21.2 Å². The third-order valence-corrected chi connectivity index (χ3v) is 5.60. The number of ether oxygens (including phenoxy) is 2. The molecule has 138 valence electrons. The molecule has 1 heterocycles. The lowest BCUT2D eigenvalue weighted by molar-refractivity contribution is 0.0487. The van der Waals surface area contributed by atoms with E-state index in [1.165, 1.54) is 12.1 Å². The molecule has 0 unspecified atom stereocenters. The first-order valence-electron chi connectivity index (χ1n) is 8.50. The van der Waals surface area contributed by atoms with E-state index < -0.39 is 0 Å². The van der Waals surface area contributed by atoms with Gasteiger partial charge in [-0.3, -0.25) is 4.79 Å². The fourth-order valence-electron chi connectivity index (χ4n) is 3.28. The third kappa shape index (κ3) is 4.07. The molecule has 1 saturated heterocycles. The van der Waals surface area contributed by atoms with E-state index in [0.717, 1.165) is 18.4 Å². The van der Waals surface area contributed by atoms with Crippen LogP contribution in [0.3, 0.4) is 0 Å². The lowest BCUT2D eigenvalue weighted by atomic mass is 9.74. The number of hydrogen-bond donors (Lipinski definition) is 1. The van der Waals surface area contributed by atoms with Gasteiger partial charge in [-0.05, 0) is 64.7 Å². The molecule has 6 heteroatoms. The highest BCUT2D eigenvalue weighted by atomic mass is 79.9. The van der Waals surface area contributed by atoms with Gasteiger partial charge in [-0.15, -0.1) is 0 Å². The number of rotatable bonds is 5. The summed E-state index contributed by atoms with van der Waals surface area (Å²) in [5, 5.41) is 3.04. The standard InChI is InChI=1S/C20H21BrFNO3/c1-25-16-6-7-18(21)17(12-16)19(24)23-13-20(8-10-26-11-9-20)14-2-4-15(22)5-3-14/h2-7,12H,8-11,13H2,1H3,(H,23,24). The Morgan fingerprint density at radius 2 is 1.92 bits per heavy atom. The van der Waals surface area contributed by atoms with Crippen molar-refractivity contribution in [2.75, 3.05) is 26.9 Å². The topological polar surface area (TPSA) is 47.6 Å². The van der Waals surface area contributed by atoms with Crippen LogP contribution < -0.4 is 10.1 Å². The van der Waals surface area contributed by atoms with E-state index in [1.54, 1.807) is 37.4 Å². The summed E-state index contributed by atoms with van der Waals surface area (Å²) in [4.78, 5) is 12.7. The minimum Gasteiger partial charge on any atom is -0.497 e. The summed E-state index contributed by atoms with van der Waals surface area (Å²) in [6, 6.07) is 11.8. The van der Waals surface area contributed by atoms with Crippen LogP contribution in [0.1, 0.15) is 28.8 Å². The van der Waals surface area contributed by atoms with Crippen LogP contribution in [0.2, 0.25) is 0 Å². The van der Waals surface area contributed by atoms with E-state index in [-0.39, 0.29) is 17.1 Å². The molecule has 1 aliphatic rings. The second kappa shape index (κ2) is 8.18. The summed E-state index contributed by atoms with van der Waals surface area (Å²) < 4.78 is 24.7. The van der Waals surface area contributed by atoms with Gasteiger partial charge in [-0.25, -0.2) is 4.39 Å². The van der Waals surface area contributed by atoms with Crippen molar-refractivity contribution < 1.29 is 18.7 Å². The molecule has 0 spiro atoms. The number of amides is 1. The van der Waals surface area contributed by atoms with Crippen molar-refractivity contribution in [2.45, 2.75) is 18.3 Å². The predicted molar refractivity (Wildman–Crippen MR) is 101 cm³/mol. The Kier molecular flexibility index (Phi) is 5.94. The van der Waals surface area contributed by atoms with Crippen LogP contribution >= 0.6 is 15.9 Å². The Labute approximate surface area is 160 Å². The molecule has 1 N–H and O–H groups in total. The molecular formula is C20H21BrFNO3. The predicted octanol–water partition coefficient (Wildman–Crippen LogP) is 4.08. The summed E-state index contributed by atoms with van der Waals surface area (Å²) in [5.74, 6) is 0.182. The molecule has 0 aliphatic carbocycles. The van der Waals surface area contributed by atoms with E-state index in [0.29, 0.717) is 35.5 Å². The number of carbonyl (C=O) groups is 1. The lowest BCUT2D eigenvalue weighted by Gasteiger charge is -2.38. The van der Waals surface area contributed by atoms with Crippen LogP contribution in [0.25, 0.3) is 0 Å². The SMILES string of the molecule is COc1ccc(Br)c(C(=O)NCC2(c3ccc(F)cc3)CCOCC2)c1. The first-order valence-corrected chi connectivity index (χ1v) is 9.29. The molecule has 2 aromatic carbocycles. The number of halogens is 2. The van der Waals surface area contributed by atoms with Crippen molar-refractivity contribution in [3.8, 4) is 5.75 Å². The van der Waals surface area contributed by atoms with Crippen LogP contribution in [0.5, 0.6) is 5.75 Å². The summed E-state index contributed by atoms with van der Waals surface area (Å²) in [6.45, 7) is 1.71. The Balaban J connectivity index is 1.80. The third-order valence-electron chi connectivity index (χ3n) is 4.91. The van der Waals surface area contributed by atoms with E-state index >= 15 is 0 Å². The van der Waals surface area contributed by atoms with Crippen molar-refractivity contribution in [1.82, 2.24) is 5.32 Å². The summed E-state index contributed by atoms with van der Waals surface area (Å²) in [5.41, 5.74) is 1.28. The number of nitrogens with one attached hydrogen (secondary N) is 1. The van der Waals surface area contributed by atoms with Gasteiger partial charge in [0.25, 0.3) is 5.91 Å². The lowest BCUT2D eigenvalue weighted by Crippen LogP contribution is -2.44. The summed E-state index contributed by atoms with van der Waals surface area (Å²) >= 11 is 3.41. The molecular weight excluding hydrogens is 401 g/mol. The van der Waals surface area contributed by atoms with Crippen LogP contribution in [-0.2, 0) is 10.2 Å². The van der Waals surface area contributed by atoms with Crippen molar-refractivity contribution in [3.05, 3.63) is 63.9 Å². The molecule has 26 heavy (non-hydrogen) atoms. The molecule has 0 bridgehead atoms. The van der Waals surface area contributed by atoms with E-state index in [9.17, 15) is 9.18 Å².